The molecule has 0 N–H and O–H groups in total. The number of aliphatic carboxylic acids is 1. The van der Waals surface area contributed by atoms with E-state index in [0.29, 0.717) is 0 Å². The van der Waals surface area contributed by atoms with Gasteiger partial charge in [-0.2, -0.15) is 0 Å². The van der Waals surface area contributed by atoms with E-state index in [0.717, 1.165) is 0 Å². The van der Waals surface area contributed by atoms with Crippen molar-refractivity contribution in [1.82, 2.24) is 0 Å². The molecule has 0 aliphatic carbocycles. The number of carbonyl (C=O) groups excluding carboxylic acids is 1. The summed E-state index contributed by atoms with van der Waals surface area (Å²) < 4.78 is 0. The van der Waals surface area contributed by atoms with Crippen molar-refractivity contribution < 1.29 is 9.90 Å². The van der Waals surface area contributed by atoms with Gasteiger partial charge in [-0.15, -0.1) is 11.6 Å². The molecule has 134 valence electrons. The van der Waals surface area contributed by atoms with Gasteiger partial charge in [-0.1, -0.05) is 53.4 Å². The number of carbonyl (C=O) groups is 1. The number of carboxylic acids is 1. The number of halogens is 1. The third-order valence-corrected chi connectivity index (χ3v) is 9.33. The molecule has 22 heavy (non-hydrogen) atoms. The van der Waals surface area contributed by atoms with Crippen LogP contribution >= 0.6 is 18.9 Å². The molecule has 0 fully saturated rings. The van der Waals surface area contributed by atoms with Gasteiger partial charge in [0.1, 0.15) is 0 Å². The quantitative estimate of drug-likeness (QED) is 0.338. The zero-order valence-electron chi connectivity index (χ0n) is 15.3. The first-order chi connectivity index (χ1) is 10.5. The van der Waals surface area contributed by atoms with E-state index in [2.05, 4.69) is 39.3 Å². The second-order valence-electron chi connectivity index (χ2n) is 6.16. The zero-order valence-corrected chi connectivity index (χ0v) is 17.0. The molecule has 0 spiro atoms. The summed E-state index contributed by atoms with van der Waals surface area (Å²) >= 11 is 4.67. The van der Waals surface area contributed by atoms with Crippen molar-refractivity contribution >= 4 is 24.8 Å². The second kappa shape index (κ2) is 17.5. The number of hydrogen-bond donors (Lipinski definition) is 0. The molecule has 0 radical (unpaired) electrons. The molecule has 0 aromatic heterocycles. The maximum absolute atomic E-state index is 9.12. The van der Waals surface area contributed by atoms with E-state index in [4.69, 9.17) is 9.90 Å². The molecule has 0 aliphatic rings. The van der Waals surface area contributed by atoms with Crippen LogP contribution in [0.4, 0.5) is 0 Å². The van der Waals surface area contributed by atoms with E-state index in [9.17, 15) is 0 Å². The SMILES string of the molecule is CCCC[P+](CCCC)(CCCC)CCCC.O=C([O-])CCl. The van der Waals surface area contributed by atoms with E-state index < -0.39 is 19.1 Å². The van der Waals surface area contributed by atoms with Gasteiger partial charge in [0.05, 0.1) is 36.5 Å². The van der Waals surface area contributed by atoms with Crippen LogP contribution in [0, 0.1) is 0 Å². The molecule has 4 heteroatoms. The maximum Gasteiger partial charge on any atom is 0.0620 e. The molecule has 0 heterocycles. The highest BCUT2D eigenvalue weighted by atomic mass is 35.5. The number of rotatable bonds is 13. The van der Waals surface area contributed by atoms with Crippen molar-refractivity contribution in [1.29, 1.82) is 0 Å². The van der Waals surface area contributed by atoms with Gasteiger partial charge in [0.2, 0.25) is 0 Å². The summed E-state index contributed by atoms with van der Waals surface area (Å²) in [6, 6.07) is 0. The van der Waals surface area contributed by atoms with Crippen LogP contribution in [0.2, 0.25) is 0 Å². The van der Waals surface area contributed by atoms with Gasteiger partial charge in [0.25, 0.3) is 0 Å². The molecule has 0 saturated heterocycles. The van der Waals surface area contributed by atoms with Gasteiger partial charge in [-0.3, -0.25) is 0 Å². The van der Waals surface area contributed by atoms with Crippen LogP contribution in [-0.2, 0) is 4.79 Å². The van der Waals surface area contributed by atoms with E-state index in [1.807, 2.05) is 0 Å². The molecule has 0 unspecified atom stereocenters. The van der Waals surface area contributed by atoms with Crippen LogP contribution in [0.5, 0.6) is 0 Å². The number of alkyl halides is 1. The Bertz CT molecular complexity index is 210. The number of carboxylic acid groups (broad SMARTS) is 1. The summed E-state index contributed by atoms with van der Waals surface area (Å²) in [6.45, 7) is 9.42. The summed E-state index contributed by atoms with van der Waals surface area (Å²) in [6.07, 6.45) is 17.9. The molecule has 0 aliphatic heterocycles. The van der Waals surface area contributed by atoms with Crippen molar-refractivity contribution in [3.8, 4) is 0 Å². The summed E-state index contributed by atoms with van der Waals surface area (Å²) in [5.74, 6) is -1.65. The highest BCUT2D eigenvalue weighted by molar-refractivity contribution is 7.75. The molecule has 0 bridgehead atoms. The van der Waals surface area contributed by atoms with Crippen molar-refractivity contribution in [2.24, 2.45) is 0 Å². The fraction of sp³-hybridized carbons (Fsp3) is 0.944. The van der Waals surface area contributed by atoms with Crippen LogP contribution in [0.1, 0.15) is 79.1 Å². The average molecular weight is 353 g/mol. The minimum atomic E-state index is -1.23. The monoisotopic (exact) mass is 352 g/mol. The minimum Gasteiger partial charge on any atom is -0.549 e. The van der Waals surface area contributed by atoms with Gasteiger partial charge in [0.15, 0.2) is 0 Å². The summed E-state index contributed by atoms with van der Waals surface area (Å²) in [5.41, 5.74) is 0. The summed E-state index contributed by atoms with van der Waals surface area (Å²) in [7, 11) is -0.562. The smallest absolute Gasteiger partial charge is 0.0620 e. The predicted octanol–water partition coefficient (Wildman–Crippen LogP) is 5.18. The normalized spacial score (nSPS) is 11.0. The van der Waals surface area contributed by atoms with E-state index >= 15 is 0 Å². The fourth-order valence-corrected chi connectivity index (χ4v) is 7.93. The number of unbranched alkanes of at least 4 members (excludes halogenated alkanes) is 4. The second-order valence-corrected chi connectivity index (χ2v) is 10.9. The van der Waals surface area contributed by atoms with Crippen LogP contribution in [0.15, 0.2) is 0 Å². The lowest BCUT2D eigenvalue weighted by Crippen LogP contribution is -2.23. The van der Waals surface area contributed by atoms with Crippen LogP contribution in [-0.4, -0.2) is 36.5 Å². The molecule has 0 saturated carbocycles. The molecule has 0 aromatic rings. The standard InChI is InChI=1S/C16H36P.C2H3ClO2/c1-5-9-13-17(14-10-6-2,15-11-7-3)16-12-8-4;3-1-2(4)5/h5-16H2,1-4H3;1H2,(H,4,5)/q+1;/p-1. The summed E-state index contributed by atoms with van der Waals surface area (Å²) in [5, 5.41) is 9.12. The predicted molar refractivity (Wildman–Crippen MR) is 102 cm³/mol. The van der Waals surface area contributed by atoms with Crippen molar-refractivity contribution in [3.05, 3.63) is 0 Å². The largest absolute Gasteiger partial charge is 0.549 e. The first-order valence-electron chi connectivity index (χ1n) is 9.12. The highest BCUT2D eigenvalue weighted by Crippen LogP contribution is 2.61. The van der Waals surface area contributed by atoms with Crippen LogP contribution in [0.3, 0.4) is 0 Å². The highest BCUT2D eigenvalue weighted by Gasteiger charge is 2.34. The van der Waals surface area contributed by atoms with Gasteiger partial charge < -0.3 is 9.90 Å². The Morgan fingerprint density at radius 1 is 0.773 bits per heavy atom. The molecule has 2 nitrogen and oxygen atoms in total. The average Bonchev–Trinajstić information content (AvgIpc) is 2.54. The van der Waals surface area contributed by atoms with E-state index in [1.165, 1.54) is 51.4 Å². The Balaban J connectivity index is 0. The first kappa shape index (κ1) is 24.4. The lowest BCUT2D eigenvalue weighted by Gasteiger charge is -2.28. The van der Waals surface area contributed by atoms with Crippen LogP contribution < -0.4 is 5.11 Å². The van der Waals surface area contributed by atoms with Crippen molar-refractivity contribution in [2.45, 2.75) is 79.1 Å². The van der Waals surface area contributed by atoms with Crippen molar-refractivity contribution in [2.75, 3.05) is 30.5 Å². The zero-order chi connectivity index (χ0) is 17.3. The Morgan fingerprint density at radius 3 is 1.14 bits per heavy atom. The van der Waals surface area contributed by atoms with E-state index in [-0.39, 0.29) is 0 Å². The third-order valence-electron chi connectivity index (χ3n) is 4.05. The van der Waals surface area contributed by atoms with Gasteiger partial charge in [-0.05, 0) is 25.7 Å². The topological polar surface area (TPSA) is 40.1 Å². The Morgan fingerprint density at radius 2 is 1.00 bits per heavy atom. The van der Waals surface area contributed by atoms with Gasteiger partial charge >= 0.3 is 0 Å². The molecule has 0 amide bonds. The van der Waals surface area contributed by atoms with Crippen molar-refractivity contribution in [3.63, 3.8) is 0 Å². The lowest BCUT2D eigenvalue weighted by atomic mass is 10.4. The Kier molecular flexibility index (Phi) is 19.5. The number of hydrogen-bond acceptors (Lipinski definition) is 2. The molecular formula is C18H38ClO2P. The maximum atomic E-state index is 9.12. The summed E-state index contributed by atoms with van der Waals surface area (Å²) in [4.78, 5) is 9.12. The molecule has 0 atom stereocenters. The van der Waals surface area contributed by atoms with Crippen LogP contribution in [0.25, 0.3) is 0 Å². The Hall–Kier alpha value is 0.190. The van der Waals surface area contributed by atoms with Gasteiger partial charge in [0, 0.05) is 7.26 Å². The Labute approximate surface area is 144 Å². The van der Waals surface area contributed by atoms with E-state index in [1.54, 1.807) is 24.6 Å². The first-order valence-corrected chi connectivity index (χ1v) is 12.2. The lowest BCUT2D eigenvalue weighted by molar-refractivity contribution is -0.301. The minimum absolute atomic E-state index is 0.417. The third kappa shape index (κ3) is 15.1. The molecule has 0 aromatic carbocycles. The fourth-order valence-electron chi connectivity index (χ4n) is 2.64. The van der Waals surface area contributed by atoms with Gasteiger partial charge in [-0.25, -0.2) is 0 Å². The molecular weight excluding hydrogens is 315 g/mol. The molecule has 0 rings (SSSR count).